The third kappa shape index (κ3) is 6.33. The van der Waals surface area contributed by atoms with E-state index in [0.717, 1.165) is 0 Å². The lowest BCUT2D eigenvalue weighted by molar-refractivity contribution is -0.160. The van der Waals surface area contributed by atoms with Gasteiger partial charge in [-0.2, -0.15) is 0 Å². The summed E-state index contributed by atoms with van der Waals surface area (Å²) in [6, 6.07) is 0. The third-order valence-corrected chi connectivity index (χ3v) is 5.09. The number of ether oxygens (including phenoxy) is 3. The van der Waals surface area contributed by atoms with E-state index in [1.54, 1.807) is 0 Å². The van der Waals surface area contributed by atoms with Crippen LogP contribution in [0.3, 0.4) is 0 Å². The predicted molar refractivity (Wildman–Crippen MR) is 92.7 cm³/mol. The molecule has 0 aromatic carbocycles. The lowest BCUT2D eigenvalue weighted by Crippen LogP contribution is -2.32. The maximum absolute atomic E-state index is 12.3. The van der Waals surface area contributed by atoms with E-state index in [0.29, 0.717) is 51.4 Å². The molecule has 0 heterocycles. The molecule has 25 heavy (non-hydrogen) atoms. The van der Waals surface area contributed by atoms with Crippen molar-refractivity contribution in [3.63, 3.8) is 0 Å². The highest BCUT2D eigenvalue weighted by atomic mass is 16.5. The fourth-order valence-corrected chi connectivity index (χ4v) is 3.58. The van der Waals surface area contributed by atoms with Crippen LogP contribution in [-0.4, -0.2) is 38.2 Å². The molecule has 0 aromatic heterocycles. The molecule has 0 spiro atoms. The average molecular weight is 356 g/mol. The predicted octanol–water partition coefficient (Wildman–Crippen LogP) is 3.27. The van der Waals surface area contributed by atoms with Crippen LogP contribution in [0, 0.1) is 17.8 Å². The molecule has 6 nitrogen and oxygen atoms in total. The van der Waals surface area contributed by atoms with Crippen molar-refractivity contribution in [1.82, 2.24) is 0 Å². The summed E-state index contributed by atoms with van der Waals surface area (Å²) in [7, 11) is 2.80. The number of hydrogen-bond acceptors (Lipinski definition) is 6. The maximum atomic E-state index is 12.3. The van der Waals surface area contributed by atoms with Crippen molar-refractivity contribution < 1.29 is 28.6 Å². The van der Waals surface area contributed by atoms with Crippen molar-refractivity contribution in [2.45, 2.75) is 71.3 Å². The van der Waals surface area contributed by atoms with E-state index in [2.05, 4.69) is 0 Å². The Bertz CT molecular complexity index is 431. The molecule has 2 aliphatic carbocycles. The molecular weight excluding hydrogens is 324 g/mol. The van der Waals surface area contributed by atoms with E-state index >= 15 is 0 Å². The molecule has 0 amide bonds. The molecule has 2 aliphatic rings. The Morgan fingerprint density at radius 3 is 1.28 bits per heavy atom. The highest BCUT2D eigenvalue weighted by Gasteiger charge is 2.34. The molecule has 2 fully saturated rings. The Balaban J connectivity index is 0.00000151. The summed E-state index contributed by atoms with van der Waals surface area (Å²) in [4.78, 5) is 35.2. The normalized spacial score (nSPS) is 28.8. The number of rotatable bonds is 4. The van der Waals surface area contributed by atoms with Gasteiger partial charge in [-0.05, 0) is 51.4 Å². The van der Waals surface area contributed by atoms with Gasteiger partial charge in [0.15, 0.2) is 0 Å². The zero-order chi connectivity index (χ0) is 18.8. The molecule has 2 saturated carbocycles. The van der Waals surface area contributed by atoms with E-state index in [9.17, 15) is 14.4 Å². The van der Waals surface area contributed by atoms with Crippen LogP contribution in [0.15, 0.2) is 0 Å². The summed E-state index contributed by atoms with van der Waals surface area (Å²) in [5.41, 5.74) is 0. The molecular formula is C19H32O6. The zero-order valence-electron chi connectivity index (χ0n) is 15.9. The fourth-order valence-electron chi connectivity index (χ4n) is 3.58. The number of methoxy groups -OCH3 is 2. The van der Waals surface area contributed by atoms with Crippen molar-refractivity contribution in [2.75, 3.05) is 14.2 Å². The summed E-state index contributed by atoms with van der Waals surface area (Å²) in [5, 5.41) is 0. The van der Waals surface area contributed by atoms with Crippen LogP contribution in [-0.2, 0) is 28.6 Å². The molecule has 144 valence electrons. The first-order valence-corrected chi connectivity index (χ1v) is 9.41. The van der Waals surface area contributed by atoms with E-state index < -0.39 is 0 Å². The Labute approximate surface area is 150 Å². The van der Waals surface area contributed by atoms with Crippen molar-refractivity contribution in [3.8, 4) is 0 Å². The van der Waals surface area contributed by atoms with Crippen LogP contribution in [0.2, 0.25) is 0 Å². The summed E-state index contributed by atoms with van der Waals surface area (Å²) in [6.45, 7) is 4.00. The van der Waals surface area contributed by atoms with Crippen LogP contribution in [0.5, 0.6) is 0 Å². The van der Waals surface area contributed by atoms with Gasteiger partial charge in [-0.25, -0.2) is 0 Å². The van der Waals surface area contributed by atoms with Crippen LogP contribution < -0.4 is 0 Å². The molecule has 0 N–H and O–H groups in total. The largest absolute Gasteiger partial charge is 0.469 e. The van der Waals surface area contributed by atoms with Crippen molar-refractivity contribution in [1.29, 1.82) is 0 Å². The Kier molecular flexibility index (Phi) is 9.53. The van der Waals surface area contributed by atoms with Crippen molar-refractivity contribution >= 4 is 17.9 Å². The summed E-state index contributed by atoms with van der Waals surface area (Å²) >= 11 is 0. The third-order valence-electron chi connectivity index (χ3n) is 5.09. The quantitative estimate of drug-likeness (QED) is 0.568. The van der Waals surface area contributed by atoms with Gasteiger partial charge in [-0.15, -0.1) is 0 Å². The van der Waals surface area contributed by atoms with Gasteiger partial charge in [0.05, 0.1) is 32.0 Å². The summed E-state index contributed by atoms with van der Waals surface area (Å²) in [6.07, 6.45) is 5.46. The molecule has 0 bridgehead atoms. The van der Waals surface area contributed by atoms with Gasteiger partial charge in [0.2, 0.25) is 0 Å². The highest BCUT2D eigenvalue weighted by molar-refractivity contribution is 5.75. The SMILES string of the molecule is CC.COC(=O)C1CCC(OC(=O)C2CCC(C(=O)OC)CC2)CC1. The van der Waals surface area contributed by atoms with Crippen molar-refractivity contribution in [3.05, 3.63) is 0 Å². The Hall–Kier alpha value is -1.59. The summed E-state index contributed by atoms with van der Waals surface area (Å²) in [5.74, 6) is -0.775. The first kappa shape index (κ1) is 21.5. The fraction of sp³-hybridized carbons (Fsp3) is 0.842. The topological polar surface area (TPSA) is 78.9 Å². The minimum absolute atomic E-state index is 0.0644. The first-order valence-electron chi connectivity index (χ1n) is 9.41. The second kappa shape index (κ2) is 11.1. The Morgan fingerprint density at radius 2 is 0.920 bits per heavy atom. The second-order valence-corrected chi connectivity index (χ2v) is 6.51. The van der Waals surface area contributed by atoms with E-state index in [-0.39, 0.29) is 41.8 Å². The molecule has 2 rings (SSSR count). The van der Waals surface area contributed by atoms with E-state index in [4.69, 9.17) is 14.2 Å². The molecule has 0 aromatic rings. The molecule has 0 radical (unpaired) electrons. The number of carbonyl (C=O) groups excluding carboxylic acids is 3. The summed E-state index contributed by atoms with van der Waals surface area (Å²) < 4.78 is 15.1. The first-order chi connectivity index (χ1) is 12.0. The number of esters is 3. The zero-order valence-corrected chi connectivity index (χ0v) is 15.9. The highest BCUT2D eigenvalue weighted by Crippen LogP contribution is 2.32. The second-order valence-electron chi connectivity index (χ2n) is 6.51. The smallest absolute Gasteiger partial charge is 0.309 e. The van der Waals surface area contributed by atoms with Gasteiger partial charge < -0.3 is 14.2 Å². The minimum atomic E-state index is -0.182. The van der Waals surface area contributed by atoms with Gasteiger partial charge in [0, 0.05) is 0 Å². The van der Waals surface area contributed by atoms with Gasteiger partial charge in [-0.1, -0.05) is 13.8 Å². The molecule has 0 saturated heterocycles. The van der Waals surface area contributed by atoms with Crippen molar-refractivity contribution in [2.24, 2.45) is 17.8 Å². The number of carbonyl (C=O) groups is 3. The molecule has 0 aliphatic heterocycles. The minimum Gasteiger partial charge on any atom is -0.469 e. The lowest BCUT2D eigenvalue weighted by Gasteiger charge is -2.30. The van der Waals surface area contributed by atoms with E-state index in [1.807, 2.05) is 13.8 Å². The Morgan fingerprint density at radius 1 is 0.600 bits per heavy atom. The monoisotopic (exact) mass is 356 g/mol. The lowest BCUT2D eigenvalue weighted by atomic mass is 9.82. The van der Waals surface area contributed by atoms with Crippen LogP contribution in [0.1, 0.15) is 65.2 Å². The van der Waals surface area contributed by atoms with Gasteiger partial charge >= 0.3 is 17.9 Å². The van der Waals surface area contributed by atoms with Crippen LogP contribution in [0.25, 0.3) is 0 Å². The van der Waals surface area contributed by atoms with Crippen LogP contribution >= 0.6 is 0 Å². The molecule has 0 atom stereocenters. The van der Waals surface area contributed by atoms with Gasteiger partial charge in [0.1, 0.15) is 6.10 Å². The average Bonchev–Trinajstić information content (AvgIpc) is 2.69. The standard InChI is InChI=1S/C17H26O6.C2H6/c1-21-15(18)11-3-5-13(6-4-11)17(20)23-14-9-7-12(8-10-14)16(19)22-2;1-2/h11-14H,3-10H2,1-2H3;1-2H3. The van der Waals surface area contributed by atoms with Gasteiger partial charge in [0.25, 0.3) is 0 Å². The van der Waals surface area contributed by atoms with Crippen LogP contribution in [0.4, 0.5) is 0 Å². The van der Waals surface area contributed by atoms with E-state index in [1.165, 1.54) is 14.2 Å². The molecule has 0 unspecified atom stereocenters. The molecule has 6 heteroatoms. The maximum Gasteiger partial charge on any atom is 0.309 e. The van der Waals surface area contributed by atoms with Gasteiger partial charge in [-0.3, -0.25) is 14.4 Å². The number of hydrogen-bond donors (Lipinski definition) is 0.